The summed E-state index contributed by atoms with van der Waals surface area (Å²) >= 11 is 0. The molecule has 0 aliphatic rings. The second-order valence-corrected chi connectivity index (χ2v) is 6.71. The van der Waals surface area contributed by atoms with Gasteiger partial charge in [0.05, 0.1) is 12.2 Å². The molecule has 0 saturated heterocycles. The summed E-state index contributed by atoms with van der Waals surface area (Å²) in [6, 6.07) is 8.20. The fraction of sp³-hybridized carbons (Fsp3) is 0.286. The predicted octanol–water partition coefficient (Wildman–Crippen LogP) is 1.66. The Morgan fingerprint density at radius 1 is 1.14 bits per heavy atom. The molecule has 0 unspecified atom stereocenters. The standard InChI is InChI=1S/C14H18N4O2S/c1-11(2)18(10-12-6-3-4-8-16-12)21(19,20)13-7-5-9-17-14(13)15/h3-9,11H,10H2,1-2H3,(H2,15,17). The van der Waals surface area contributed by atoms with E-state index < -0.39 is 10.0 Å². The Labute approximate surface area is 124 Å². The number of nitrogens with two attached hydrogens (primary N) is 1. The van der Waals surface area contributed by atoms with E-state index in [-0.39, 0.29) is 23.3 Å². The van der Waals surface area contributed by atoms with Crippen LogP contribution in [0.5, 0.6) is 0 Å². The van der Waals surface area contributed by atoms with E-state index in [1.54, 1.807) is 24.4 Å². The smallest absolute Gasteiger partial charge is 0.247 e. The third kappa shape index (κ3) is 3.37. The molecule has 2 aromatic heterocycles. The number of nitrogen functional groups attached to an aromatic ring is 1. The van der Waals surface area contributed by atoms with Crippen LogP contribution in [0.2, 0.25) is 0 Å². The van der Waals surface area contributed by atoms with Gasteiger partial charge in [0.15, 0.2) is 0 Å². The van der Waals surface area contributed by atoms with Crippen LogP contribution in [0.1, 0.15) is 19.5 Å². The van der Waals surface area contributed by atoms with Crippen LogP contribution in [-0.2, 0) is 16.6 Å². The molecule has 0 atom stereocenters. The normalized spacial score (nSPS) is 12.0. The van der Waals surface area contributed by atoms with Crippen LogP contribution in [-0.4, -0.2) is 28.7 Å². The first-order valence-corrected chi connectivity index (χ1v) is 7.99. The van der Waals surface area contributed by atoms with Gasteiger partial charge < -0.3 is 5.73 Å². The molecule has 0 aliphatic heterocycles. The molecule has 2 aromatic rings. The monoisotopic (exact) mass is 306 g/mol. The number of hydrogen-bond donors (Lipinski definition) is 1. The fourth-order valence-corrected chi connectivity index (χ4v) is 3.62. The third-order valence-electron chi connectivity index (χ3n) is 3.01. The van der Waals surface area contributed by atoms with Crippen LogP contribution >= 0.6 is 0 Å². The van der Waals surface area contributed by atoms with E-state index in [0.717, 1.165) is 0 Å². The Kier molecular flexibility index (Phi) is 4.54. The molecular weight excluding hydrogens is 288 g/mol. The SMILES string of the molecule is CC(C)N(Cc1ccccn1)S(=O)(=O)c1cccnc1N. The zero-order valence-electron chi connectivity index (χ0n) is 12.0. The largest absolute Gasteiger partial charge is 0.383 e. The van der Waals surface area contributed by atoms with Crippen molar-refractivity contribution < 1.29 is 8.42 Å². The Morgan fingerprint density at radius 2 is 1.86 bits per heavy atom. The second kappa shape index (κ2) is 6.19. The van der Waals surface area contributed by atoms with E-state index in [2.05, 4.69) is 9.97 Å². The highest BCUT2D eigenvalue weighted by Crippen LogP contribution is 2.23. The van der Waals surface area contributed by atoms with Crippen molar-refractivity contribution in [2.45, 2.75) is 31.3 Å². The summed E-state index contributed by atoms with van der Waals surface area (Å²) in [5.41, 5.74) is 6.38. The van der Waals surface area contributed by atoms with Gasteiger partial charge in [-0.25, -0.2) is 13.4 Å². The quantitative estimate of drug-likeness (QED) is 0.907. The highest BCUT2D eigenvalue weighted by atomic mass is 32.2. The molecule has 2 rings (SSSR count). The molecule has 0 spiro atoms. The topological polar surface area (TPSA) is 89.2 Å². The molecule has 0 fully saturated rings. The Bertz CT molecular complexity index is 702. The highest BCUT2D eigenvalue weighted by Gasteiger charge is 2.29. The molecule has 2 heterocycles. The molecule has 0 amide bonds. The van der Waals surface area contributed by atoms with E-state index in [0.29, 0.717) is 5.69 Å². The number of aromatic nitrogens is 2. The Balaban J connectivity index is 2.40. The first-order valence-electron chi connectivity index (χ1n) is 6.55. The van der Waals surface area contributed by atoms with E-state index >= 15 is 0 Å². The van der Waals surface area contributed by atoms with Crippen LogP contribution in [0, 0.1) is 0 Å². The van der Waals surface area contributed by atoms with Crippen molar-refractivity contribution in [3.8, 4) is 0 Å². The Hall–Kier alpha value is -1.99. The highest BCUT2D eigenvalue weighted by molar-refractivity contribution is 7.89. The number of pyridine rings is 2. The van der Waals surface area contributed by atoms with Crippen molar-refractivity contribution >= 4 is 15.8 Å². The van der Waals surface area contributed by atoms with Crippen molar-refractivity contribution in [2.75, 3.05) is 5.73 Å². The van der Waals surface area contributed by atoms with Gasteiger partial charge in [-0.2, -0.15) is 4.31 Å². The van der Waals surface area contributed by atoms with Gasteiger partial charge in [-0.15, -0.1) is 0 Å². The molecule has 21 heavy (non-hydrogen) atoms. The molecule has 2 N–H and O–H groups in total. The van der Waals surface area contributed by atoms with Gasteiger partial charge in [0.1, 0.15) is 10.7 Å². The molecular formula is C14H18N4O2S. The number of nitrogens with zero attached hydrogens (tertiary/aromatic N) is 3. The lowest BCUT2D eigenvalue weighted by Crippen LogP contribution is -2.37. The van der Waals surface area contributed by atoms with Gasteiger partial charge in [0.25, 0.3) is 0 Å². The maximum atomic E-state index is 12.8. The summed E-state index contributed by atoms with van der Waals surface area (Å²) in [6.07, 6.45) is 3.10. The minimum absolute atomic E-state index is 0.00386. The number of hydrogen-bond acceptors (Lipinski definition) is 5. The van der Waals surface area contributed by atoms with Gasteiger partial charge >= 0.3 is 0 Å². The van der Waals surface area contributed by atoms with Crippen LogP contribution in [0.15, 0.2) is 47.6 Å². The molecule has 112 valence electrons. The van der Waals surface area contributed by atoms with Gasteiger partial charge in [-0.05, 0) is 38.1 Å². The van der Waals surface area contributed by atoms with Gasteiger partial charge in [-0.3, -0.25) is 4.98 Å². The van der Waals surface area contributed by atoms with Crippen molar-refractivity contribution in [1.29, 1.82) is 0 Å². The van der Waals surface area contributed by atoms with Crippen LogP contribution in [0.4, 0.5) is 5.82 Å². The summed E-state index contributed by atoms with van der Waals surface area (Å²) < 4.78 is 26.9. The van der Waals surface area contributed by atoms with Crippen molar-refractivity contribution in [1.82, 2.24) is 14.3 Å². The molecule has 0 aliphatic carbocycles. The average Bonchev–Trinajstić information content (AvgIpc) is 2.45. The average molecular weight is 306 g/mol. The summed E-state index contributed by atoms with van der Waals surface area (Å²) in [4.78, 5) is 8.05. The lowest BCUT2D eigenvalue weighted by Gasteiger charge is -2.25. The Morgan fingerprint density at radius 3 is 2.43 bits per heavy atom. The lowest BCUT2D eigenvalue weighted by molar-refractivity contribution is 0.344. The van der Waals surface area contributed by atoms with Gasteiger partial charge in [0, 0.05) is 18.4 Å². The number of rotatable bonds is 5. The van der Waals surface area contributed by atoms with E-state index in [4.69, 9.17) is 5.73 Å². The third-order valence-corrected chi connectivity index (χ3v) is 5.08. The minimum Gasteiger partial charge on any atom is -0.383 e. The zero-order valence-corrected chi connectivity index (χ0v) is 12.8. The molecule has 7 heteroatoms. The fourth-order valence-electron chi connectivity index (χ4n) is 1.94. The van der Waals surface area contributed by atoms with E-state index in [1.807, 2.05) is 19.9 Å². The van der Waals surface area contributed by atoms with Crippen molar-refractivity contribution in [2.24, 2.45) is 0 Å². The van der Waals surface area contributed by atoms with Crippen LogP contribution < -0.4 is 5.73 Å². The summed E-state index contributed by atoms with van der Waals surface area (Å²) in [5, 5.41) is 0. The first kappa shape index (κ1) is 15.4. The second-order valence-electron chi connectivity index (χ2n) is 4.85. The summed E-state index contributed by atoms with van der Waals surface area (Å²) in [5.74, 6) is 0.00386. The maximum absolute atomic E-state index is 12.8. The van der Waals surface area contributed by atoms with Crippen LogP contribution in [0.25, 0.3) is 0 Å². The van der Waals surface area contributed by atoms with Crippen molar-refractivity contribution in [3.63, 3.8) is 0 Å². The molecule has 0 radical (unpaired) electrons. The van der Waals surface area contributed by atoms with E-state index in [1.165, 1.54) is 16.6 Å². The van der Waals surface area contributed by atoms with E-state index in [9.17, 15) is 8.42 Å². The van der Waals surface area contributed by atoms with Gasteiger partial charge in [-0.1, -0.05) is 6.07 Å². The number of sulfonamides is 1. The summed E-state index contributed by atoms with van der Waals surface area (Å²) in [6.45, 7) is 3.81. The minimum atomic E-state index is -3.72. The van der Waals surface area contributed by atoms with Gasteiger partial charge in [0.2, 0.25) is 10.0 Å². The predicted molar refractivity (Wildman–Crippen MR) is 80.8 cm³/mol. The molecule has 0 aromatic carbocycles. The molecule has 0 bridgehead atoms. The molecule has 6 nitrogen and oxygen atoms in total. The van der Waals surface area contributed by atoms with Crippen molar-refractivity contribution in [3.05, 3.63) is 48.4 Å². The maximum Gasteiger partial charge on any atom is 0.247 e. The lowest BCUT2D eigenvalue weighted by atomic mass is 10.3. The zero-order chi connectivity index (χ0) is 15.5. The van der Waals surface area contributed by atoms with Crippen LogP contribution in [0.3, 0.4) is 0 Å². The molecule has 0 saturated carbocycles. The number of anilines is 1. The first-order chi connectivity index (χ1) is 9.93. The summed E-state index contributed by atoms with van der Waals surface area (Å²) in [7, 11) is -3.72.